The number of nitro benzene ring substituents is 2. The SMILES string of the molecule is O=[N+]([O-])c1cc([N+](=O)[O-])c2ccccc2c1Nc1ccccc1N=Cc1cc(Cl)cc(Cl)c1O. The summed E-state index contributed by atoms with van der Waals surface area (Å²) < 4.78 is 0. The van der Waals surface area contributed by atoms with Crippen LogP contribution in [-0.4, -0.2) is 21.2 Å². The topological polar surface area (TPSA) is 131 Å². The molecule has 0 fully saturated rings. The molecule has 0 aliphatic carbocycles. The van der Waals surface area contributed by atoms with Crippen molar-refractivity contribution in [2.24, 2.45) is 4.99 Å². The van der Waals surface area contributed by atoms with Crippen molar-refractivity contribution in [2.75, 3.05) is 5.32 Å². The number of benzene rings is 4. The minimum atomic E-state index is -0.681. The average molecular weight is 497 g/mol. The number of nitro groups is 2. The number of phenolic OH excluding ortho intramolecular Hbond substituents is 1. The summed E-state index contributed by atoms with van der Waals surface area (Å²) in [5.41, 5.74) is 0.320. The Hall–Kier alpha value is -4.21. The smallest absolute Gasteiger partial charge is 0.300 e. The number of hydrogen-bond acceptors (Lipinski definition) is 7. The maximum atomic E-state index is 11.8. The largest absolute Gasteiger partial charge is 0.506 e. The van der Waals surface area contributed by atoms with E-state index < -0.39 is 15.5 Å². The van der Waals surface area contributed by atoms with Crippen LogP contribution in [0.1, 0.15) is 5.56 Å². The Bertz CT molecular complexity index is 1490. The highest BCUT2D eigenvalue weighted by molar-refractivity contribution is 6.36. The summed E-state index contributed by atoms with van der Waals surface area (Å²) in [6.45, 7) is 0. The van der Waals surface area contributed by atoms with Crippen LogP contribution in [0.15, 0.2) is 71.7 Å². The average Bonchev–Trinajstić information content (AvgIpc) is 2.81. The molecule has 0 aliphatic rings. The first-order valence-corrected chi connectivity index (χ1v) is 10.4. The highest BCUT2D eigenvalue weighted by Crippen LogP contribution is 2.42. The van der Waals surface area contributed by atoms with E-state index in [9.17, 15) is 25.3 Å². The molecule has 0 heterocycles. The summed E-state index contributed by atoms with van der Waals surface area (Å²) in [7, 11) is 0. The molecule has 34 heavy (non-hydrogen) atoms. The van der Waals surface area contributed by atoms with Crippen LogP contribution >= 0.6 is 23.2 Å². The van der Waals surface area contributed by atoms with Crippen molar-refractivity contribution in [2.45, 2.75) is 0 Å². The lowest BCUT2D eigenvalue weighted by molar-refractivity contribution is -0.392. The normalized spacial score (nSPS) is 11.1. The predicted molar refractivity (Wildman–Crippen MR) is 132 cm³/mol. The quantitative estimate of drug-likeness (QED) is 0.165. The third kappa shape index (κ3) is 4.47. The molecule has 0 atom stereocenters. The number of rotatable bonds is 6. The summed E-state index contributed by atoms with van der Waals surface area (Å²) in [4.78, 5) is 26.3. The Morgan fingerprint density at radius 2 is 1.53 bits per heavy atom. The van der Waals surface area contributed by atoms with Crippen molar-refractivity contribution >= 4 is 68.6 Å². The molecule has 0 aromatic heterocycles. The first-order chi connectivity index (χ1) is 16.3. The highest BCUT2D eigenvalue weighted by Gasteiger charge is 2.26. The second kappa shape index (κ2) is 9.34. The molecule has 9 nitrogen and oxygen atoms in total. The molecule has 0 aliphatic heterocycles. The number of para-hydroxylation sites is 2. The number of halogens is 2. The van der Waals surface area contributed by atoms with Gasteiger partial charge in [0.25, 0.3) is 11.4 Å². The Morgan fingerprint density at radius 1 is 0.882 bits per heavy atom. The van der Waals surface area contributed by atoms with E-state index in [2.05, 4.69) is 10.3 Å². The lowest BCUT2D eigenvalue weighted by atomic mass is 10.0. The van der Waals surface area contributed by atoms with Crippen LogP contribution in [-0.2, 0) is 0 Å². The van der Waals surface area contributed by atoms with E-state index in [1.807, 2.05) is 0 Å². The molecular weight excluding hydrogens is 483 g/mol. The first-order valence-electron chi connectivity index (χ1n) is 9.69. The minimum Gasteiger partial charge on any atom is -0.506 e. The molecule has 0 amide bonds. The molecule has 2 N–H and O–H groups in total. The lowest BCUT2D eigenvalue weighted by Crippen LogP contribution is -2.01. The van der Waals surface area contributed by atoms with E-state index in [1.165, 1.54) is 24.4 Å². The summed E-state index contributed by atoms with van der Waals surface area (Å²) in [5, 5.41) is 37.4. The molecule has 4 aromatic carbocycles. The fourth-order valence-corrected chi connectivity index (χ4v) is 3.93. The van der Waals surface area contributed by atoms with Gasteiger partial charge in [-0.1, -0.05) is 53.5 Å². The second-order valence-electron chi connectivity index (χ2n) is 7.08. The van der Waals surface area contributed by atoms with Crippen LogP contribution < -0.4 is 5.32 Å². The standard InChI is InChI=1S/C23H14Cl2N4O5/c24-14-9-13(23(30)17(25)10-14)12-26-18-7-3-4-8-19(18)27-22-16-6-2-1-5-15(16)20(28(31)32)11-21(22)29(33)34/h1-12,27,30H. The van der Waals surface area contributed by atoms with E-state index in [1.54, 1.807) is 42.5 Å². The number of non-ortho nitro benzene ring substituents is 1. The molecule has 0 saturated heterocycles. The Labute approximate surface area is 202 Å². The number of aromatic hydroxyl groups is 1. The van der Waals surface area contributed by atoms with E-state index in [0.29, 0.717) is 21.8 Å². The van der Waals surface area contributed by atoms with Gasteiger partial charge in [-0.2, -0.15) is 0 Å². The van der Waals surface area contributed by atoms with Crippen LogP contribution in [0.2, 0.25) is 10.0 Å². The molecule has 0 radical (unpaired) electrons. The highest BCUT2D eigenvalue weighted by atomic mass is 35.5. The van der Waals surface area contributed by atoms with Crippen molar-refractivity contribution < 1.29 is 15.0 Å². The molecule has 4 aromatic rings. The number of fused-ring (bicyclic) bond motifs is 1. The second-order valence-corrected chi connectivity index (χ2v) is 7.92. The number of aliphatic imine (C=N–C) groups is 1. The molecule has 0 spiro atoms. The van der Waals surface area contributed by atoms with Gasteiger partial charge in [-0.15, -0.1) is 0 Å². The summed E-state index contributed by atoms with van der Waals surface area (Å²) in [6.07, 6.45) is 1.36. The summed E-state index contributed by atoms with van der Waals surface area (Å²) in [6, 6.07) is 16.9. The molecule has 0 unspecified atom stereocenters. The number of anilines is 2. The third-order valence-electron chi connectivity index (χ3n) is 4.96. The van der Waals surface area contributed by atoms with Crippen LogP contribution in [0, 0.1) is 20.2 Å². The van der Waals surface area contributed by atoms with Gasteiger partial charge in [-0.25, -0.2) is 0 Å². The van der Waals surface area contributed by atoms with Gasteiger partial charge in [0.2, 0.25) is 0 Å². The van der Waals surface area contributed by atoms with Crippen molar-refractivity contribution in [1.29, 1.82) is 0 Å². The van der Waals surface area contributed by atoms with Gasteiger partial charge in [-0.3, -0.25) is 25.2 Å². The summed E-state index contributed by atoms with van der Waals surface area (Å²) in [5.74, 6) is -0.197. The Balaban J connectivity index is 1.83. The fraction of sp³-hybridized carbons (Fsp3) is 0. The Kier molecular flexibility index (Phi) is 6.31. The van der Waals surface area contributed by atoms with Gasteiger partial charge >= 0.3 is 0 Å². The number of hydrogen-bond donors (Lipinski definition) is 2. The Morgan fingerprint density at radius 3 is 2.24 bits per heavy atom. The third-order valence-corrected chi connectivity index (χ3v) is 5.47. The van der Waals surface area contributed by atoms with Crippen LogP contribution in [0.3, 0.4) is 0 Å². The zero-order valence-corrected chi connectivity index (χ0v) is 18.6. The molecule has 4 rings (SSSR count). The van der Waals surface area contributed by atoms with Gasteiger partial charge in [0.1, 0.15) is 11.4 Å². The van der Waals surface area contributed by atoms with Gasteiger partial charge < -0.3 is 10.4 Å². The fourth-order valence-electron chi connectivity index (χ4n) is 3.42. The maximum Gasteiger partial charge on any atom is 0.300 e. The van der Waals surface area contributed by atoms with Crippen molar-refractivity contribution in [3.05, 3.63) is 103 Å². The van der Waals surface area contributed by atoms with E-state index >= 15 is 0 Å². The first kappa shape index (κ1) is 23.0. The van der Waals surface area contributed by atoms with Crippen LogP contribution in [0.4, 0.5) is 28.4 Å². The van der Waals surface area contributed by atoms with E-state index in [4.69, 9.17) is 23.2 Å². The van der Waals surface area contributed by atoms with Crippen molar-refractivity contribution in [3.8, 4) is 5.75 Å². The minimum absolute atomic E-state index is 0.0633. The number of nitrogens with one attached hydrogen (secondary N) is 1. The van der Waals surface area contributed by atoms with Crippen molar-refractivity contribution in [1.82, 2.24) is 0 Å². The summed E-state index contributed by atoms with van der Waals surface area (Å²) >= 11 is 12.0. The maximum absolute atomic E-state index is 11.8. The molecule has 11 heteroatoms. The zero-order valence-electron chi connectivity index (χ0n) is 17.1. The van der Waals surface area contributed by atoms with Gasteiger partial charge in [0.15, 0.2) is 0 Å². The molecular formula is C23H14Cl2N4O5. The van der Waals surface area contributed by atoms with Crippen molar-refractivity contribution in [3.63, 3.8) is 0 Å². The van der Waals surface area contributed by atoms with E-state index in [-0.39, 0.29) is 33.1 Å². The number of nitrogens with zero attached hydrogens (tertiary/aromatic N) is 3. The van der Waals surface area contributed by atoms with Gasteiger partial charge in [0.05, 0.1) is 37.7 Å². The van der Waals surface area contributed by atoms with Crippen LogP contribution in [0.25, 0.3) is 10.8 Å². The van der Waals surface area contributed by atoms with E-state index in [0.717, 1.165) is 6.07 Å². The zero-order chi connectivity index (χ0) is 24.4. The number of phenols is 1. The van der Waals surface area contributed by atoms with Crippen LogP contribution in [0.5, 0.6) is 5.75 Å². The van der Waals surface area contributed by atoms with Gasteiger partial charge in [-0.05, 0) is 30.3 Å². The predicted octanol–water partition coefficient (Wildman–Crippen LogP) is 7.16. The molecule has 0 saturated carbocycles. The van der Waals surface area contributed by atoms with Gasteiger partial charge in [0, 0.05) is 22.2 Å². The monoisotopic (exact) mass is 496 g/mol. The lowest BCUT2D eigenvalue weighted by Gasteiger charge is -2.13. The molecule has 0 bridgehead atoms. The molecule has 170 valence electrons.